The first-order valence-electron chi connectivity index (χ1n) is 9.15. The van der Waals surface area contributed by atoms with E-state index in [0.717, 1.165) is 5.56 Å². The summed E-state index contributed by atoms with van der Waals surface area (Å²) in [5.74, 6) is -0.783. The molecular formula is C19H25N3O6. The second-order valence-electron chi connectivity index (χ2n) is 6.91. The molecule has 1 aromatic rings. The third-order valence-corrected chi connectivity index (χ3v) is 4.62. The van der Waals surface area contributed by atoms with Crippen LogP contribution in [0.3, 0.4) is 0 Å². The largest absolute Gasteiger partial charge is 0.354 e. The number of fused-ring (bicyclic) bond motifs is 1. The van der Waals surface area contributed by atoms with Crippen molar-refractivity contribution < 1.29 is 28.6 Å². The van der Waals surface area contributed by atoms with Gasteiger partial charge in [0.1, 0.15) is 12.2 Å². The van der Waals surface area contributed by atoms with Gasteiger partial charge in [-0.2, -0.15) is 0 Å². The molecule has 9 heteroatoms. The molecule has 0 radical (unpaired) electrons. The summed E-state index contributed by atoms with van der Waals surface area (Å²) in [7, 11) is 0. The molecule has 0 bridgehead atoms. The molecule has 2 aliphatic rings. The first-order chi connectivity index (χ1) is 13.3. The number of benzene rings is 1. The molecule has 1 unspecified atom stereocenters. The molecule has 3 rings (SSSR count). The number of hydrogen-bond donors (Lipinski definition) is 3. The van der Waals surface area contributed by atoms with E-state index in [1.165, 1.54) is 20.8 Å². The maximum atomic E-state index is 11.8. The van der Waals surface area contributed by atoms with Gasteiger partial charge in [-0.15, -0.1) is 0 Å². The Morgan fingerprint density at radius 3 is 2.11 bits per heavy atom. The van der Waals surface area contributed by atoms with Crippen molar-refractivity contribution >= 4 is 17.7 Å². The monoisotopic (exact) mass is 391 g/mol. The van der Waals surface area contributed by atoms with Crippen LogP contribution in [0.15, 0.2) is 30.3 Å². The highest BCUT2D eigenvalue weighted by Crippen LogP contribution is 2.38. The molecule has 0 spiro atoms. The molecule has 9 nitrogen and oxygen atoms in total. The van der Waals surface area contributed by atoms with Gasteiger partial charge in [-0.1, -0.05) is 30.3 Å². The molecule has 3 N–H and O–H groups in total. The zero-order valence-electron chi connectivity index (χ0n) is 16.0. The van der Waals surface area contributed by atoms with Crippen LogP contribution >= 0.6 is 0 Å². The fourth-order valence-corrected chi connectivity index (χ4v) is 3.50. The predicted octanol–water partition coefficient (Wildman–Crippen LogP) is -0.0290. The fraction of sp³-hybridized carbons (Fsp3) is 0.526. The van der Waals surface area contributed by atoms with E-state index in [1.807, 2.05) is 30.3 Å². The Balaban J connectivity index is 1.86. The Labute approximate surface area is 163 Å². The first kappa shape index (κ1) is 20.2. The highest BCUT2D eigenvalue weighted by atomic mass is 16.8. The number of nitrogens with one attached hydrogen (secondary N) is 3. The van der Waals surface area contributed by atoms with Crippen LogP contribution in [0.5, 0.6) is 0 Å². The third kappa shape index (κ3) is 4.67. The Hall–Kier alpha value is -2.49. The number of carbonyl (C=O) groups is 3. The van der Waals surface area contributed by atoms with Crippen molar-refractivity contribution in [3.8, 4) is 0 Å². The summed E-state index contributed by atoms with van der Waals surface area (Å²) < 4.78 is 18.0. The molecular weight excluding hydrogens is 366 g/mol. The maximum Gasteiger partial charge on any atom is 0.217 e. The Morgan fingerprint density at radius 1 is 0.857 bits per heavy atom. The van der Waals surface area contributed by atoms with Gasteiger partial charge in [-0.05, 0) is 0 Å². The van der Waals surface area contributed by atoms with Crippen LogP contribution in [-0.4, -0.2) is 54.8 Å². The number of carbonyl (C=O) groups excluding carboxylic acids is 3. The highest BCUT2D eigenvalue weighted by Gasteiger charge is 2.53. The van der Waals surface area contributed by atoms with Crippen molar-refractivity contribution in [1.82, 2.24) is 16.0 Å². The van der Waals surface area contributed by atoms with Gasteiger partial charge in [0.2, 0.25) is 17.7 Å². The standard InChI is InChI=1S/C19H25N3O6/c1-10(23)20-9-14-15(21-11(2)24)16(22-12(3)25)17-19(26-14)28-18(27-17)13-7-5-4-6-8-13/h4-8,14-19H,9H2,1-3H3,(H,20,23)(H,21,24)(H,22,25)/t14-,15-,16+,17-,18?,19-/m1/s1. The minimum absolute atomic E-state index is 0.152. The van der Waals surface area contributed by atoms with Crippen molar-refractivity contribution in [2.75, 3.05) is 6.54 Å². The lowest BCUT2D eigenvalue weighted by Crippen LogP contribution is -2.69. The quantitative estimate of drug-likeness (QED) is 0.649. The molecule has 2 heterocycles. The first-order valence-corrected chi connectivity index (χ1v) is 9.15. The second-order valence-corrected chi connectivity index (χ2v) is 6.91. The van der Waals surface area contributed by atoms with Gasteiger partial charge in [-0.25, -0.2) is 0 Å². The maximum absolute atomic E-state index is 11.8. The lowest BCUT2D eigenvalue weighted by Gasteiger charge is -2.43. The van der Waals surface area contributed by atoms with Crippen molar-refractivity contribution in [1.29, 1.82) is 0 Å². The number of amides is 3. The summed E-state index contributed by atoms with van der Waals surface area (Å²) in [5, 5.41) is 8.35. The Kier molecular flexibility index (Phi) is 6.28. The van der Waals surface area contributed by atoms with Crippen molar-refractivity contribution in [3.05, 3.63) is 35.9 Å². The second kappa shape index (κ2) is 8.68. The average Bonchev–Trinajstić information content (AvgIpc) is 3.06. The van der Waals surface area contributed by atoms with E-state index >= 15 is 0 Å². The molecule has 3 amide bonds. The Bertz CT molecular complexity index is 728. The zero-order valence-corrected chi connectivity index (χ0v) is 16.0. The summed E-state index contributed by atoms with van der Waals surface area (Å²) in [6, 6.07) is 8.18. The minimum Gasteiger partial charge on any atom is -0.354 e. The van der Waals surface area contributed by atoms with Gasteiger partial charge in [0.05, 0.1) is 12.1 Å². The third-order valence-electron chi connectivity index (χ3n) is 4.62. The van der Waals surface area contributed by atoms with Gasteiger partial charge in [0.25, 0.3) is 0 Å². The van der Waals surface area contributed by atoms with E-state index < -0.39 is 36.9 Å². The van der Waals surface area contributed by atoms with Crippen LogP contribution in [0.1, 0.15) is 32.6 Å². The molecule has 2 aliphatic heterocycles. The summed E-state index contributed by atoms with van der Waals surface area (Å²) in [6.07, 6.45) is -2.65. The molecule has 6 atom stereocenters. The fourth-order valence-electron chi connectivity index (χ4n) is 3.50. The summed E-state index contributed by atoms with van der Waals surface area (Å²) in [6.45, 7) is 4.32. The van der Waals surface area contributed by atoms with Crippen LogP contribution < -0.4 is 16.0 Å². The van der Waals surface area contributed by atoms with Crippen molar-refractivity contribution in [3.63, 3.8) is 0 Å². The molecule has 1 aromatic carbocycles. The molecule has 28 heavy (non-hydrogen) atoms. The van der Waals surface area contributed by atoms with E-state index in [0.29, 0.717) is 0 Å². The van der Waals surface area contributed by atoms with E-state index in [2.05, 4.69) is 16.0 Å². The normalized spacial score (nSPS) is 31.5. The smallest absolute Gasteiger partial charge is 0.217 e. The lowest BCUT2D eigenvalue weighted by molar-refractivity contribution is -0.199. The van der Waals surface area contributed by atoms with Gasteiger partial charge in [0.15, 0.2) is 12.6 Å². The van der Waals surface area contributed by atoms with E-state index in [-0.39, 0.29) is 24.3 Å². The Morgan fingerprint density at radius 2 is 1.50 bits per heavy atom. The van der Waals surface area contributed by atoms with Gasteiger partial charge in [-0.3, -0.25) is 14.4 Å². The lowest BCUT2D eigenvalue weighted by atomic mass is 9.92. The topological polar surface area (TPSA) is 115 Å². The summed E-state index contributed by atoms with van der Waals surface area (Å²) in [4.78, 5) is 35.0. The SMILES string of the molecule is CC(=O)NC[C@H]1O[C@@H]2OC(c3ccccc3)O[C@@H]2[C@@H](NC(C)=O)[C@@H]1NC(C)=O. The van der Waals surface area contributed by atoms with E-state index in [1.54, 1.807) is 0 Å². The van der Waals surface area contributed by atoms with Crippen LogP contribution in [0, 0.1) is 0 Å². The van der Waals surface area contributed by atoms with Gasteiger partial charge in [0, 0.05) is 32.9 Å². The summed E-state index contributed by atoms with van der Waals surface area (Å²) >= 11 is 0. The zero-order chi connectivity index (χ0) is 20.3. The van der Waals surface area contributed by atoms with E-state index in [9.17, 15) is 14.4 Å². The van der Waals surface area contributed by atoms with Gasteiger partial charge < -0.3 is 30.2 Å². The van der Waals surface area contributed by atoms with Crippen molar-refractivity contribution in [2.45, 2.75) is 57.6 Å². The van der Waals surface area contributed by atoms with Crippen LogP contribution in [0.25, 0.3) is 0 Å². The van der Waals surface area contributed by atoms with Crippen LogP contribution in [-0.2, 0) is 28.6 Å². The molecule has 0 aromatic heterocycles. The average molecular weight is 391 g/mol. The predicted molar refractivity (Wildman–Crippen MR) is 97.7 cm³/mol. The summed E-state index contributed by atoms with van der Waals surface area (Å²) in [5.41, 5.74) is 0.816. The molecule has 2 saturated heterocycles. The van der Waals surface area contributed by atoms with Crippen molar-refractivity contribution in [2.24, 2.45) is 0 Å². The number of hydrogen-bond acceptors (Lipinski definition) is 6. The van der Waals surface area contributed by atoms with E-state index in [4.69, 9.17) is 14.2 Å². The number of ether oxygens (including phenoxy) is 3. The number of rotatable bonds is 5. The van der Waals surface area contributed by atoms with Gasteiger partial charge >= 0.3 is 0 Å². The molecule has 152 valence electrons. The minimum atomic E-state index is -0.758. The van der Waals surface area contributed by atoms with Crippen LogP contribution in [0.4, 0.5) is 0 Å². The molecule has 2 fully saturated rings. The molecule has 0 aliphatic carbocycles. The van der Waals surface area contributed by atoms with Crippen LogP contribution in [0.2, 0.25) is 0 Å². The molecule has 0 saturated carbocycles. The highest BCUT2D eigenvalue weighted by molar-refractivity contribution is 5.75.